The van der Waals surface area contributed by atoms with Gasteiger partial charge in [0.2, 0.25) is 0 Å². The van der Waals surface area contributed by atoms with Crippen LogP contribution < -0.4 is 9.47 Å². The Morgan fingerprint density at radius 2 is 1.30 bits per heavy atom. The molecule has 0 fully saturated rings. The van der Waals surface area contributed by atoms with Crippen LogP contribution in [0.2, 0.25) is 0 Å². The lowest BCUT2D eigenvalue weighted by atomic mass is 10.3. The van der Waals surface area contributed by atoms with Crippen LogP contribution in [0.4, 0.5) is 0 Å². The van der Waals surface area contributed by atoms with Gasteiger partial charge in [-0.1, -0.05) is 36.4 Å². The molecule has 0 amide bonds. The molecule has 4 heteroatoms. The largest absolute Gasteiger partial charge is 0.480 e. The van der Waals surface area contributed by atoms with Gasteiger partial charge in [-0.05, 0) is 31.2 Å². The van der Waals surface area contributed by atoms with E-state index in [1.54, 1.807) is 48.5 Å². The van der Waals surface area contributed by atoms with E-state index in [0.29, 0.717) is 11.5 Å². The second-order valence-electron chi connectivity index (χ2n) is 4.05. The van der Waals surface area contributed by atoms with Crippen molar-refractivity contribution in [1.29, 1.82) is 0 Å². The molecule has 0 aromatic heterocycles. The summed E-state index contributed by atoms with van der Waals surface area (Å²) in [6, 6.07) is 17.3. The molecule has 2 aromatic rings. The van der Waals surface area contributed by atoms with Gasteiger partial charge in [-0.25, -0.2) is 4.79 Å². The first-order valence-electron chi connectivity index (χ1n) is 6.07. The number of hydrogen-bond acceptors (Lipinski definition) is 4. The van der Waals surface area contributed by atoms with Crippen molar-refractivity contribution < 1.29 is 19.4 Å². The van der Waals surface area contributed by atoms with Gasteiger partial charge in [0.05, 0.1) is 0 Å². The molecule has 0 saturated heterocycles. The Kier molecular flexibility index (Phi) is 4.39. The molecule has 1 N–H and O–H groups in total. The Morgan fingerprint density at radius 3 is 1.80 bits per heavy atom. The number of ether oxygens (including phenoxy) is 2. The molecule has 2 aromatic carbocycles. The second-order valence-corrected chi connectivity index (χ2v) is 4.05. The number of para-hydroxylation sites is 2. The first-order chi connectivity index (χ1) is 9.66. The lowest BCUT2D eigenvalue weighted by molar-refractivity contribution is -0.130. The summed E-state index contributed by atoms with van der Waals surface area (Å²) in [4.78, 5) is 11.8. The summed E-state index contributed by atoms with van der Waals surface area (Å²) in [6.07, 6.45) is 0. The zero-order chi connectivity index (χ0) is 14.4. The topological polar surface area (TPSA) is 55.8 Å². The van der Waals surface area contributed by atoms with E-state index in [1.807, 2.05) is 12.1 Å². The van der Waals surface area contributed by atoms with Gasteiger partial charge in [0.1, 0.15) is 17.1 Å². The van der Waals surface area contributed by atoms with Gasteiger partial charge in [0.25, 0.3) is 5.95 Å². The van der Waals surface area contributed by atoms with Crippen LogP contribution in [-0.4, -0.2) is 11.1 Å². The maximum Gasteiger partial charge on any atom is 0.346 e. The SMILES string of the molecule is C/C(C(=O)Oc1ccccc1)=C(\O)Oc1ccccc1. The van der Waals surface area contributed by atoms with Gasteiger partial charge in [0, 0.05) is 0 Å². The number of carbonyl (C=O) groups is 1. The maximum absolute atomic E-state index is 11.8. The third-order valence-electron chi connectivity index (χ3n) is 2.54. The van der Waals surface area contributed by atoms with E-state index < -0.39 is 11.9 Å². The van der Waals surface area contributed by atoms with Crippen LogP contribution in [0.15, 0.2) is 72.2 Å². The van der Waals surface area contributed by atoms with Crippen LogP contribution in [0.3, 0.4) is 0 Å². The fourth-order valence-corrected chi connectivity index (χ4v) is 1.44. The van der Waals surface area contributed by atoms with Gasteiger partial charge < -0.3 is 14.6 Å². The van der Waals surface area contributed by atoms with Crippen molar-refractivity contribution in [3.63, 3.8) is 0 Å². The molecule has 102 valence electrons. The fourth-order valence-electron chi connectivity index (χ4n) is 1.44. The minimum atomic E-state index is -0.662. The van der Waals surface area contributed by atoms with Crippen LogP contribution in [0.25, 0.3) is 0 Å². The van der Waals surface area contributed by atoms with E-state index in [9.17, 15) is 9.90 Å². The van der Waals surface area contributed by atoms with Crippen molar-refractivity contribution in [1.82, 2.24) is 0 Å². The first kappa shape index (κ1) is 13.7. The number of aliphatic hydroxyl groups is 1. The van der Waals surface area contributed by atoms with E-state index in [-0.39, 0.29) is 5.57 Å². The number of carbonyl (C=O) groups excluding carboxylic acids is 1. The van der Waals surface area contributed by atoms with Gasteiger partial charge in [-0.15, -0.1) is 0 Å². The average molecular weight is 270 g/mol. The summed E-state index contributed by atoms with van der Waals surface area (Å²) in [5.74, 6) is -0.289. The zero-order valence-corrected chi connectivity index (χ0v) is 10.9. The smallest absolute Gasteiger partial charge is 0.346 e. The summed E-state index contributed by atoms with van der Waals surface area (Å²) in [5.41, 5.74) is -0.00212. The van der Waals surface area contributed by atoms with Crippen LogP contribution in [0.5, 0.6) is 11.5 Å². The van der Waals surface area contributed by atoms with Crippen molar-refractivity contribution in [2.45, 2.75) is 6.92 Å². The number of aliphatic hydroxyl groups excluding tert-OH is 1. The zero-order valence-electron chi connectivity index (χ0n) is 10.9. The molecule has 4 nitrogen and oxygen atoms in total. The number of esters is 1. The average Bonchev–Trinajstić information content (AvgIpc) is 2.48. The third-order valence-corrected chi connectivity index (χ3v) is 2.54. The van der Waals surface area contributed by atoms with E-state index >= 15 is 0 Å². The molecule has 0 spiro atoms. The normalized spacial score (nSPS) is 11.4. The Morgan fingerprint density at radius 1 is 0.850 bits per heavy atom. The van der Waals surface area contributed by atoms with Crippen LogP contribution in [0.1, 0.15) is 6.92 Å². The molecule has 0 unspecified atom stereocenters. The van der Waals surface area contributed by atoms with Gasteiger partial charge >= 0.3 is 5.97 Å². The van der Waals surface area contributed by atoms with Crippen LogP contribution in [-0.2, 0) is 4.79 Å². The molecule has 2 rings (SSSR count). The highest BCUT2D eigenvalue weighted by atomic mass is 16.6. The molecule has 0 aliphatic rings. The molecule has 0 saturated carbocycles. The number of rotatable bonds is 4. The second kappa shape index (κ2) is 6.43. The molecule has 0 aliphatic heterocycles. The van der Waals surface area contributed by atoms with Crippen molar-refractivity contribution in [2.75, 3.05) is 0 Å². The maximum atomic E-state index is 11.8. The van der Waals surface area contributed by atoms with Crippen LogP contribution >= 0.6 is 0 Å². The monoisotopic (exact) mass is 270 g/mol. The molecule has 0 radical (unpaired) electrons. The predicted molar refractivity (Wildman–Crippen MR) is 74.5 cm³/mol. The molecule has 20 heavy (non-hydrogen) atoms. The highest BCUT2D eigenvalue weighted by Crippen LogP contribution is 2.16. The summed E-state index contributed by atoms with van der Waals surface area (Å²) in [5, 5.41) is 9.78. The quantitative estimate of drug-likeness (QED) is 0.400. The highest BCUT2D eigenvalue weighted by Gasteiger charge is 2.14. The van der Waals surface area contributed by atoms with Crippen molar-refractivity contribution in [2.24, 2.45) is 0 Å². The Hall–Kier alpha value is -2.75. The molecule has 0 aliphatic carbocycles. The molecular weight excluding hydrogens is 256 g/mol. The summed E-state index contributed by atoms with van der Waals surface area (Å²) >= 11 is 0. The van der Waals surface area contributed by atoms with Crippen LogP contribution in [0, 0.1) is 0 Å². The molecule has 0 bridgehead atoms. The molecule has 0 atom stereocenters. The highest BCUT2D eigenvalue weighted by molar-refractivity contribution is 5.89. The van der Waals surface area contributed by atoms with E-state index in [1.165, 1.54) is 6.92 Å². The first-order valence-corrected chi connectivity index (χ1v) is 6.07. The van der Waals surface area contributed by atoms with Gasteiger partial charge in [-0.3, -0.25) is 0 Å². The Balaban J connectivity index is 2.06. The number of benzene rings is 2. The van der Waals surface area contributed by atoms with E-state index in [4.69, 9.17) is 9.47 Å². The van der Waals surface area contributed by atoms with E-state index in [0.717, 1.165) is 0 Å². The fraction of sp³-hybridized carbons (Fsp3) is 0.0625. The lowest BCUT2D eigenvalue weighted by Crippen LogP contribution is -2.13. The predicted octanol–water partition coefficient (Wildman–Crippen LogP) is 3.46. The van der Waals surface area contributed by atoms with Crippen molar-refractivity contribution >= 4 is 5.97 Å². The summed E-state index contributed by atoms with van der Waals surface area (Å²) in [6.45, 7) is 1.43. The Labute approximate surface area is 116 Å². The summed E-state index contributed by atoms with van der Waals surface area (Å²) < 4.78 is 10.3. The van der Waals surface area contributed by atoms with Crippen molar-refractivity contribution in [3.8, 4) is 11.5 Å². The minimum Gasteiger partial charge on any atom is -0.480 e. The number of hydrogen-bond donors (Lipinski definition) is 1. The summed E-state index contributed by atoms with van der Waals surface area (Å²) in [7, 11) is 0. The molecular formula is C16H14O4. The Bertz CT molecular complexity index is 603. The molecule has 0 heterocycles. The van der Waals surface area contributed by atoms with Gasteiger partial charge in [-0.2, -0.15) is 0 Å². The minimum absolute atomic E-state index is 0.00212. The standard InChI is InChI=1S/C16H14O4/c1-12(15(17)19-13-8-4-2-5-9-13)16(18)20-14-10-6-3-7-11-14/h2-11,17H,1H3/b15-12-. The van der Waals surface area contributed by atoms with E-state index in [2.05, 4.69) is 0 Å². The van der Waals surface area contributed by atoms with Gasteiger partial charge in [0.15, 0.2) is 0 Å². The third kappa shape index (κ3) is 3.62. The lowest BCUT2D eigenvalue weighted by Gasteiger charge is -2.08. The van der Waals surface area contributed by atoms with Crippen molar-refractivity contribution in [3.05, 3.63) is 72.2 Å².